The molecular weight excluding hydrogens is 562 g/mol. The molecule has 0 fully saturated rings. The van der Waals surface area contributed by atoms with E-state index in [1.165, 1.54) is 44.5 Å². The van der Waals surface area contributed by atoms with Crippen molar-refractivity contribution < 1.29 is 50.7 Å². The Balaban J connectivity index is 0.000000490. The molecule has 0 aromatic heterocycles. The van der Waals surface area contributed by atoms with E-state index in [0.29, 0.717) is 0 Å². The van der Waals surface area contributed by atoms with Crippen LogP contribution in [0.4, 0.5) is 0 Å². The first-order valence-electron chi connectivity index (χ1n) is 9.13. The van der Waals surface area contributed by atoms with E-state index in [-0.39, 0.29) is 50.7 Å². The molecule has 0 radical (unpaired) electrons. The van der Waals surface area contributed by atoms with Crippen molar-refractivity contribution in [3.05, 3.63) is 107 Å². The van der Waals surface area contributed by atoms with E-state index >= 15 is 0 Å². The molecule has 0 amide bonds. The van der Waals surface area contributed by atoms with E-state index in [0.717, 1.165) is 0 Å². The fourth-order valence-electron chi connectivity index (χ4n) is 3.07. The number of halogens is 2. The summed E-state index contributed by atoms with van der Waals surface area (Å²) in [5.41, 5.74) is 10.8. The fourth-order valence-corrected chi connectivity index (χ4v) is 3.07. The van der Waals surface area contributed by atoms with Gasteiger partial charge in [0.05, 0.1) is 0 Å². The Morgan fingerprint density at radius 2 is 0.690 bits per heavy atom. The molecule has 4 aromatic rings. The van der Waals surface area contributed by atoms with Gasteiger partial charge in [0.15, 0.2) is 0 Å². The van der Waals surface area contributed by atoms with Gasteiger partial charge in [-0.25, -0.2) is 0 Å². The number of benzene rings is 2. The first-order chi connectivity index (χ1) is 12.5. The van der Waals surface area contributed by atoms with Gasteiger partial charge in [0.25, 0.3) is 0 Å². The van der Waals surface area contributed by atoms with Gasteiger partial charge in [-0.1, -0.05) is 75.2 Å². The molecule has 0 aliphatic heterocycles. The molecule has 0 atom stereocenters. The summed E-state index contributed by atoms with van der Waals surface area (Å²) in [5.74, 6) is 0. The van der Waals surface area contributed by atoms with E-state index in [9.17, 15) is 0 Å². The van der Waals surface area contributed by atoms with Gasteiger partial charge in [-0.3, -0.25) is 0 Å². The monoisotopic (exact) mass is 588 g/mol. The molecule has 0 saturated heterocycles. The largest absolute Gasteiger partial charge is 4.00 e. The molecule has 4 aromatic carbocycles. The maximum Gasteiger partial charge on any atom is 4.00 e. The molecule has 0 saturated carbocycles. The van der Waals surface area contributed by atoms with Crippen LogP contribution in [0.1, 0.15) is 22.3 Å². The zero-order valence-corrected chi connectivity index (χ0v) is 22.4. The molecule has 4 rings (SSSR count). The van der Waals surface area contributed by atoms with E-state index in [1.54, 1.807) is 0 Å². The third-order valence-electron chi connectivity index (χ3n) is 4.95. The summed E-state index contributed by atoms with van der Waals surface area (Å²) in [4.78, 5) is 0. The Bertz CT molecular complexity index is 846. The first kappa shape index (κ1) is 27.6. The van der Waals surface area contributed by atoms with Crippen molar-refractivity contribution >= 4 is 0 Å². The molecule has 0 heterocycles. The van der Waals surface area contributed by atoms with Crippen molar-refractivity contribution in [1.29, 1.82) is 0 Å². The summed E-state index contributed by atoms with van der Waals surface area (Å²) in [7, 11) is 0. The van der Waals surface area contributed by atoms with Crippen molar-refractivity contribution in [2.45, 2.75) is 27.7 Å². The summed E-state index contributed by atoms with van der Waals surface area (Å²) in [6, 6.07) is 30.0. The van der Waals surface area contributed by atoms with Crippen LogP contribution in [-0.4, -0.2) is 0 Å². The van der Waals surface area contributed by atoms with Crippen LogP contribution in [0.25, 0.3) is 22.3 Å². The molecule has 3 heteroatoms. The van der Waals surface area contributed by atoms with Crippen molar-refractivity contribution in [3.63, 3.8) is 0 Å². The zero-order valence-electron chi connectivity index (χ0n) is 17.3. The second-order valence-electron chi connectivity index (χ2n) is 6.95. The van der Waals surface area contributed by atoms with Gasteiger partial charge in [-0.2, -0.15) is 0 Å². The molecule has 0 bridgehead atoms. The summed E-state index contributed by atoms with van der Waals surface area (Å²) >= 11 is 0. The second-order valence-corrected chi connectivity index (χ2v) is 6.95. The third kappa shape index (κ3) is 7.41. The normalized spacial score (nSPS) is 9.24. The second kappa shape index (κ2) is 13.0. The molecule has 148 valence electrons. The Kier molecular flexibility index (Phi) is 12.4. The van der Waals surface area contributed by atoms with Crippen LogP contribution in [0, 0.1) is 27.7 Å². The summed E-state index contributed by atoms with van der Waals surface area (Å²) in [6.07, 6.45) is 0. The third-order valence-corrected chi connectivity index (χ3v) is 4.95. The molecule has 0 unspecified atom stereocenters. The average molecular weight is 588 g/mol. The average Bonchev–Trinajstić information content (AvgIpc) is 3.19. The first-order valence-corrected chi connectivity index (χ1v) is 9.13. The van der Waals surface area contributed by atoms with Crippen LogP contribution >= 0.6 is 0 Å². The Labute approximate surface area is 206 Å². The molecule has 0 aliphatic rings. The number of hydrogen-bond donors (Lipinski definition) is 0. The van der Waals surface area contributed by atoms with Gasteiger partial charge in [0, 0.05) is 0 Å². The minimum atomic E-state index is 0. The van der Waals surface area contributed by atoms with Gasteiger partial charge in [-0.15, -0.1) is 81.9 Å². The van der Waals surface area contributed by atoms with E-state index in [2.05, 4.69) is 100 Å². The van der Waals surface area contributed by atoms with Crippen molar-refractivity contribution in [3.8, 4) is 22.3 Å². The summed E-state index contributed by atoms with van der Waals surface area (Å²) < 4.78 is 0. The number of hydrogen-bond acceptors (Lipinski definition) is 0. The summed E-state index contributed by atoms with van der Waals surface area (Å²) in [5, 5.41) is 0. The zero-order chi connectivity index (χ0) is 18.5. The molecule has 0 spiro atoms. The van der Waals surface area contributed by atoms with Crippen LogP contribution in [-0.2, 0) is 25.8 Å². The van der Waals surface area contributed by atoms with Crippen LogP contribution in [0.2, 0.25) is 0 Å². The van der Waals surface area contributed by atoms with Gasteiger partial charge in [-0.05, 0) is 0 Å². The maximum absolute atomic E-state index is 2.24. The smallest absolute Gasteiger partial charge is 1.00 e. The van der Waals surface area contributed by atoms with Gasteiger partial charge >= 0.3 is 25.8 Å². The number of aryl methyl sites for hydroxylation is 4. The van der Waals surface area contributed by atoms with E-state index < -0.39 is 0 Å². The molecule has 29 heavy (non-hydrogen) atoms. The topological polar surface area (TPSA) is 0 Å². The number of rotatable bonds is 2. The quantitative estimate of drug-likeness (QED) is 0.246. The van der Waals surface area contributed by atoms with Gasteiger partial charge in [0.1, 0.15) is 0 Å². The predicted molar refractivity (Wildman–Crippen MR) is 114 cm³/mol. The SMILES string of the molecule is Cc1c[c-](-c2ccccc2)cc1C.Cc1c[c-](-c2ccccc2)cc1C.[Cl-].[Cl-].[Hf+4]. The summed E-state index contributed by atoms with van der Waals surface area (Å²) in [6.45, 7) is 8.62. The molecular formula is C26H26Cl2Hf. The van der Waals surface area contributed by atoms with E-state index in [4.69, 9.17) is 0 Å². The fraction of sp³-hybridized carbons (Fsp3) is 0.154. The van der Waals surface area contributed by atoms with E-state index in [1.807, 2.05) is 12.1 Å². The van der Waals surface area contributed by atoms with Crippen molar-refractivity contribution in [1.82, 2.24) is 0 Å². The van der Waals surface area contributed by atoms with Gasteiger partial charge < -0.3 is 24.8 Å². The Morgan fingerprint density at radius 1 is 0.448 bits per heavy atom. The van der Waals surface area contributed by atoms with Crippen LogP contribution in [0.5, 0.6) is 0 Å². The Morgan fingerprint density at radius 3 is 0.931 bits per heavy atom. The Hall–Kier alpha value is -1.41. The molecule has 0 aliphatic carbocycles. The minimum absolute atomic E-state index is 0. The predicted octanol–water partition coefficient (Wildman–Crippen LogP) is 1.38. The minimum Gasteiger partial charge on any atom is -1.00 e. The van der Waals surface area contributed by atoms with Crippen LogP contribution in [0.15, 0.2) is 84.9 Å². The van der Waals surface area contributed by atoms with Crippen LogP contribution < -0.4 is 24.8 Å². The standard InChI is InChI=1S/2C13H13.2ClH.Hf/c2*1-10-8-13(9-11(10)2)12-6-4-3-5-7-12;;;/h2*3-9H,1-2H3;2*1H;/q2*-1;;;+4/p-2. The van der Waals surface area contributed by atoms with Gasteiger partial charge in [0.2, 0.25) is 0 Å². The maximum atomic E-state index is 2.24. The van der Waals surface area contributed by atoms with Crippen molar-refractivity contribution in [2.75, 3.05) is 0 Å². The molecule has 0 nitrogen and oxygen atoms in total. The molecule has 0 N–H and O–H groups in total. The van der Waals surface area contributed by atoms with Crippen molar-refractivity contribution in [2.24, 2.45) is 0 Å². The van der Waals surface area contributed by atoms with Crippen LogP contribution in [0.3, 0.4) is 0 Å².